The van der Waals surface area contributed by atoms with E-state index >= 15 is 0 Å². The molecule has 7 heteroatoms. The number of nitrogens with one attached hydrogen (secondary N) is 2. The number of carbonyl (C=O) groups is 1. The molecule has 0 atom stereocenters. The lowest BCUT2D eigenvalue weighted by molar-refractivity contribution is -0.111. The van der Waals surface area contributed by atoms with Gasteiger partial charge in [-0.05, 0) is 81.7 Å². The summed E-state index contributed by atoms with van der Waals surface area (Å²) in [5, 5.41) is 6.18. The molecule has 1 aromatic carbocycles. The van der Waals surface area contributed by atoms with Gasteiger partial charge >= 0.3 is 0 Å². The second-order valence-corrected chi connectivity index (χ2v) is 9.31. The maximum absolute atomic E-state index is 13.6. The minimum absolute atomic E-state index is 0.284. The normalized spacial score (nSPS) is 21.9. The quantitative estimate of drug-likeness (QED) is 0.651. The second-order valence-electron chi connectivity index (χ2n) is 9.31. The fourth-order valence-electron chi connectivity index (χ4n) is 4.83. The number of amides is 1. The van der Waals surface area contributed by atoms with Gasteiger partial charge in [0.05, 0.1) is 11.3 Å². The zero-order chi connectivity index (χ0) is 23.0. The van der Waals surface area contributed by atoms with Crippen molar-refractivity contribution in [1.29, 1.82) is 0 Å². The molecule has 0 bridgehead atoms. The number of piperidine rings is 1. The lowest BCUT2D eigenvalue weighted by atomic mass is 9.92. The van der Waals surface area contributed by atoms with Gasteiger partial charge in [0.2, 0.25) is 0 Å². The van der Waals surface area contributed by atoms with E-state index in [9.17, 15) is 9.18 Å². The summed E-state index contributed by atoms with van der Waals surface area (Å²) >= 11 is 0. The average Bonchev–Trinajstić information content (AvgIpc) is 3.28. The third-order valence-electron chi connectivity index (χ3n) is 6.52. The van der Waals surface area contributed by atoms with Crippen molar-refractivity contribution in [1.82, 2.24) is 9.88 Å². The lowest BCUT2D eigenvalue weighted by Crippen LogP contribution is -2.33. The minimum atomic E-state index is -0.627. The number of hydrogen-bond acceptors (Lipinski definition) is 5. The van der Waals surface area contributed by atoms with Crippen molar-refractivity contribution in [2.24, 2.45) is 0 Å². The Balaban J connectivity index is 1.39. The fourth-order valence-corrected chi connectivity index (χ4v) is 4.83. The van der Waals surface area contributed by atoms with Crippen LogP contribution in [0.2, 0.25) is 0 Å². The number of halogens is 1. The average molecular weight is 449 g/mol. The van der Waals surface area contributed by atoms with E-state index < -0.39 is 5.60 Å². The lowest BCUT2D eigenvalue weighted by Gasteiger charge is -2.26. The molecule has 1 saturated heterocycles. The predicted octanol–water partition coefficient (Wildman–Crippen LogP) is 4.67. The SMILES string of the molecule is CC1(C)OC(=C2C(=O)Nc3cc(F)ccc32)C=C1c1ccnc(NCCN2CCCCC2)c1. The van der Waals surface area contributed by atoms with Crippen LogP contribution < -0.4 is 10.6 Å². The monoisotopic (exact) mass is 448 g/mol. The van der Waals surface area contributed by atoms with Gasteiger partial charge < -0.3 is 20.3 Å². The molecule has 1 aromatic heterocycles. The first-order valence-corrected chi connectivity index (χ1v) is 11.6. The molecular formula is C26H29FN4O2. The van der Waals surface area contributed by atoms with Crippen LogP contribution in [0.3, 0.4) is 0 Å². The number of allylic oxidation sites excluding steroid dienone is 1. The summed E-state index contributed by atoms with van der Waals surface area (Å²) in [5.41, 5.74) is 2.88. The van der Waals surface area contributed by atoms with Gasteiger partial charge in [0, 0.05) is 30.4 Å². The van der Waals surface area contributed by atoms with E-state index in [0.717, 1.165) is 30.0 Å². The van der Waals surface area contributed by atoms with Crippen LogP contribution in [0, 0.1) is 5.82 Å². The molecule has 3 aliphatic rings. The number of anilines is 2. The zero-order valence-corrected chi connectivity index (χ0v) is 19.1. The highest BCUT2D eigenvalue weighted by Crippen LogP contribution is 2.44. The largest absolute Gasteiger partial charge is 0.482 e. The molecule has 6 nitrogen and oxygen atoms in total. The molecule has 0 aliphatic carbocycles. The Hall–Kier alpha value is -3.19. The number of pyridine rings is 1. The molecule has 2 N–H and O–H groups in total. The van der Waals surface area contributed by atoms with Gasteiger partial charge in [-0.25, -0.2) is 9.37 Å². The van der Waals surface area contributed by atoms with Crippen molar-refractivity contribution >= 4 is 28.6 Å². The molecule has 1 fully saturated rings. The molecule has 3 aliphatic heterocycles. The standard InChI is InChI=1S/C26H29FN4O2/c1-26(2)20(16-22(33-26)24-19-7-6-18(27)15-21(19)30-25(24)32)17-8-9-28-23(14-17)29-10-13-31-11-4-3-5-12-31/h6-9,14-16H,3-5,10-13H2,1-2H3,(H,28,29)(H,30,32). The van der Waals surface area contributed by atoms with Gasteiger partial charge in [-0.3, -0.25) is 4.79 Å². The van der Waals surface area contributed by atoms with Crippen LogP contribution in [0.5, 0.6) is 0 Å². The summed E-state index contributed by atoms with van der Waals surface area (Å²) in [7, 11) is 0. The Bertz CT molecular complexity index is 1150. The molecule has 4 heterocycles. The number of likely N-dealkylation sites (tertiary alicyclic amines) is 1. The van der Waals surface area contributed by atoms with E-state index in [1.165, 1.54) is 44.5 Å². The maximum atomic E-state index is 13.6. The summed E-state index contributed by atoms with van der Waals surface area (Å²) in [6, 6.07) is 8.28. The molecule has 2 aromatic rings. The Kier molecular flexibility index (Phi) is 5.66. The third-order valence-corrected chi connectivity index (χ3v) is 6.52. The highest BCUT2D eigenvalue weighted by Gasteiger charge is 2.38. The summed E-state index contributed by atoms with van der Waals surface area (Å²) in [5.74, 6) is 0.644. The Morgan fingerprint density at radius 2 is 2.00 bits per heavy atom. The Morgan fingerprint density at radius 1 is 1.18 bits per heavy atom. The number of fused-ring (bicyclic) bond motifs is 1. The number of carbonyl (C=O) groups excluding carboxylic acids is 1. The number of benzene rings is 1. The van der Waals surface area contributed by atoms with Gasteiger partial charge in [0.1, 0.15) is 23.0 Å². The van der Waals surface area contributed by atoms with Crippen LogP contribution in [0.1, 0.15) is 44.2 Å². The van der Waals surface area contributed by atoms with E-state index in [4.69, 9.17) is 4.74 Å². The van der Waals surface area contributed by atoms with E-state index in [1.807, 2.05) is 32.1 Å². The Morgan fingerprint density at radius 3 is 2.82 bits per heavy atom. The fraction of sp³-hybridized carbons (Fsp3) is 0.385. The smallest absolute Gasteiger partial charge is 0.260 e. The van der Waals surface area contributed by atoms with Crippen LogP contribution in [0.25, 0.3) is 11.1 Å². The molecule has 5 rings (SSSR count). The van der Waals surface area contributed by atoms with Crippen LogP contribution in [0.4, 0.5) is 15.9 Å². The summed E-state index contributed by atoms with van der Waals surface area (Å²) in [6.07, 6.45) is 7.61. The van der Waals surface area contributed by atoms with E-state index in [-0.39, 0.29) is 11.7 Å². The molecule has 0 unspecified atom stereocenters. The molecule has 0 spiro atoms. The highest BCUT2D eigenvalue weighted by molar-refractivity contribution is 6.32. The number of aromatic nitrogens is 1. The van der Waals surface area contributed by atoms with E-state index in [0.29, 0.717) is 22.6 Å². The molecule has 0 radical (unpaired) electrons. The van der Waals surface area contributed by atoms with E-state index in [2.05, 4.69) is 20.5 Å². The summed E-state index contributed by atoms with van der Waals surface area (Å²) < 4.78 is 19.8. The van der Waals surface area contributed by atoms with Crippen molar-refractivity contribution in [3.63, 3.8) is 0 Å². The van der Waals surface area contributed by atoms with Crippen molar-refractivity contribution in [2.75, 3.05) is 36.8 Å². The second kappa shape index (κ2) is 8.63. The molecule has 0 saturated carbocycles. The molecule has 172 valence electrons. The summed E-state index contributed by atoms with van der Waals surface area (Å²) in [4.78, 5) is 19.6. The zero-order valence-electron chi connectivity index (χ0n) is 19.1. The first-order chi connectivity index (χ1) is 15.9. The predicted molar refractivity (Wildman–Crippen MR) is 128 cm³/mol. The molecule has 33 heavy (non-hydrogen) atoms. The van der Waals surface area contributed by atoms with Crippen molar-refractivity contribution in [3.8, 4) is 0 Å². The van der Waals surface area contributed by atoms with Crippen molar-refractivity contribution in [2.45, 2.75) is 38.7 Å². The van der Waals surface area contributed by atoms with Crippen LogP contribution >= 0.6 is 0 Å². The van der Waals surface area contributed by atoms with Gasteiger partial charge in [-0.1, -0.05) is 6.42 Å². The van der Waals surface area contributed by atoms with Crippen LogP contribution in [-0.4, -0.2) is 47.6 Å². The van der Waals surface area contributed by atoms with Crippen molar-refractivity contribution < 1.29 is 13.9 Å². The topological polar surface area (TPSA) is 66.5 Å². The van der Waals surface area contributed by atoms with Gasteiger partial charge in [0.25, 0.3) is 5.91 Å². The van der Waals surface area contributed by atoms with Crippen LogP contribution in [0.15, 0.2) is 48.4 Å². The summed E-state index contributed by atoms with van der Waals surface area (Å²) in [6.45, 7) is 8.17. The van der Waals surface area contributed by atoms with Crippen LogP contribution in [-0.2, 0) is 9.53 Å². The number of rotatable bonds is 5. The molecule has 1 amide bonds. The van der Waals surface area contributed by atoms with Crippen molar-refractivity contribution in [3.05, 3.63) is 65.3 Å². The van der Waals surface area contributed by atoms with Gasteiger partial charge in [-0.2, -0.15) is 0 Å². The first kappa shape index (κ1) is 21.6. The third kappa shape index (κ3) is 4.37. The maximum Gasteiger partial charge on any atom is 0.260 e. The Labute approximate surface area is 193 Å². The first-order valence-electron chi connectivity index (χ1n) is 11.6. The van der Waals surface area contributed by atoms with Gasteiger partial charge in [0.15, 0.2) is 0 Å². The minimum Gasteiger partial charge on any atom is -0.482 e. The number of nitrogens with zero attached hydrogens (tertiary/aromatic N) is 2. The van der Waals surface area contributed by atoms with Gasteiger partial charge in [-0.15, -0.1) is 0 Å². The number of ether oxygens (including phenoxy) is 1. The highest BCUT2D eigenvalue weighted by atomic mass is 19.1. The van der Waals surface area contributed by atoms with E-state index in [1.54, 1.807) is 12.3 Å². The number of hydrogen-bond donors (Lipinski definition) is 2. The molecular weight excluding hydrogens is 419 g/mol.